The average molecular weight is 263 g/mol. The quantitative estimate of drug-likeness (QED) is 0.924. The number of hydrogen-bond acceptors (Lipinski definition) is 5. The molecular formula is C13H17N3OS. The van der Waals surface area contributed by atoms with Crippen molar-refractivity contribution in [2.75, 3.05) is 18.1 Å². The second-order valence-corrected chi connectivity index (χ2v) is 5.59. The number of hydrogen-bond donors (Lipinski definition) is 1. The Balaban J connectivity index is 1.98. The summed E-state index contributed by atoms with van der Waals surface area (Å²) >= 11 is 1.65. The third-order valence-electron chi connectivity index (χ3n) is 3.60. The lowest BCUT2D eigenvalue weighted by atomic mass is 9.99. The molecule has 3 rings (SSSR count). The molecule has 1 aliphatic rings. The van der Waals surface area contributed by atoms with Gasteiger partial charge >= 0.3 is 0 Å². The number of aliphatic hydroxyl groups is 1. The summed E-state index contributed by atoms with van der Waals surface area (Å²) in [5.74, 6) is 1.04. The maximum Gasteiger partial charge on any atom is 0.141 e. The van der Waals surface area contributed by atoms with Gasteiger partial charge in [-0.1, -0.05) is 0 Å². The maximum absolute atomic E-state index is 9.20. The summed E-state index contributed by atoms with van der Waals surface area (Å²) in [7, 11) is 0. The van der Waals surface area contributed by atoms with E-state index >= 15 is 0 Å². The Morgan fingerprint density at radius 3 is 3.22 bits per heavy atom. The van der Waals surface area contributed by atoms with Crippen LogP contribution in [0.5, 0.6) is 0 Å². The van der Waals surface area contributed by atoms with E-state index in [-0.39, 0.29) is 6.61 Å². The van der Waals surface area contributed by atoms with Gasteiger partial charge in [-0.05, 0) is 37.1 Å². The van der Waals surface area contributed by atoms with Crippen LogP contribution in [0.4, 0.5) is 5.82 Å². The van der Waals surface area contributed by atoms with Crippen LogP contribution in [-0.4, -0.2) is 34.3 Å². The normalized spacial score (nSPS) is 20.5. The van der Waals surface area contributed by atoms with E-state index < -0.39 is 0 Å². The molecule has 3 heterocycles. The molecule has 96 valence electrons. The minimum absolute atomic E-state index is 0.249. The third kappa shape index (κ3) is 2.08. The molecule has 0 aromatic carbocycles. The summed E-state index contributed by atoms with van der Waals surface area (Å²) in [6, 6.07) is 2.52. The van der Waals surface area contributed by atoms with Gasteiger partial charge in [-0.2, -0.15) is 0 Å². The molecule has 4 nitrogen and oxygen atoms in total. The van der Waals surface area contributed by atoms with Crippen LogP contribution in [0.3, 0.4) is 0 Å². The first kappa shape index (κ1) is 11.9. The first-order chi connectivity index (χ1) is 8.90. The molecule has 0 amide bonds. The SMILES string of the molecule is OCCC1CCCCN1c1ncnc2sccc12. The first-order valence-corrected chi connectivity index (χ1v) is 7.34. The first-order valence-electron chi connectivity index (χ1n) is 6.46. The lowest BCUT2D eigenvalue weighted by Crippen LogP contribution is -2.40. The van der Waals surface area contributed by atoms with Crippen LogP contribution in [0.2, 0.25) is 0 Å². The Bertz CT molecular complexity index is 526. The Labute approximate surface area is 110 Å². The molecule has 1 saturated heterocycles. The van der Waals surface area contributed by atoms with Gasteiger partial charge in [0, 0.05) is 19.2 Å². The van der Waals surface area contributed by atoms with Gasteiger partial charge in [0.2, 0.25) is 0 Å². The van der Waals surface area contributed by atoms with E-state index in [4.69, 9.17) is 0 Å². The molecule has 1 unspecified atom stereocenters. The van der Waals surface area contributed by atoms with Gasteiger partial charge in [0.05, 0.1) is 5.39 Å². The molecule has 1 aliphatic heterocycles. The molecule has 0 radical (unpaired) electrons. The topological polar surface area (TPSA) is 49.2 Å². The number of nitrogens with zero attached hydrogens (tertiary/aromatic N) is 3. The van der Waals surface area contributed by atoms with Gasteiger partial charge < -0.3 is 10.0 Å². The number of thiophene rings is 1. The fourth-order valence-corrected chi connectivity index (χ4v) is 3.46. The number of aromatic nitrogens is 2. The number of anilines is 1. The van der Waals surface area contributed by atoms with Gasteiger partial charge in [-0.15, -0.1) is 11.3 Å². The Morgan fingerprint density at radius 1 is 1.39 bits per heavy atom. The number of fused-ring (bicyclic) bond motifs is 1. The summed E-state index contributed by atoms with van der Waals surface area (Å²) in [6.07, 6.45) is 6.08. The number of aliphatic hydroxyl groups excluding tert-OH is 1. The number of piperidine rings is 1. The van der Waals surface area contributed by atoms with Gasteiger partial charge in [0.25, 0.3) is 0 Å². The van der Waals surface area contributed by atoms with Crippen molar-refractivity contribution in [2.24, 2.45) is 0 Å². The fourth-order valence-electron chi connectivity index (χ4n) is 2.73. The Hall–Kier alpha value is -1.20. The predicted octanol–water partition coefficient (Wildman–Crippen LogP) is 2.43. The van der Waals surface area contributed by atoms with Crippen molar-refractivity contribution in [1.29, 1.82) is 0 Å². The van der Waals surface area contributed by atoms with Gasteiger partial charge in [0.15, 0.2) is 0 Å². The zero-order chi connectivity index (χ0) is 12.4. The highest BCUT2D eigenvalue weighted by atomic mass is 32.1. The molecule has 1 N–H and O–H groups in total. The van der Waals surface area contributed by atoms with Crippen molar-refractivity contribution >= 4 is 27.4 Å². The molecule has 2 aromatic heterocycles. The van der Waals surface area contributed by atoms with E-state index in [1.54, 1.807) is 17.7 Å². The van der Waals surface area contributed by atoms with Crippen LogP contribution >= 0.6 is 11.3 Å². The van der Waals surface area contributed by atoms with Crippen LogP contribution in [0, 0.1) is 0 Å². The van der Waals surface area contributed by atoms with Crippen molar-refractivity contribution in [1.82, 2.24) is 9.97 Å². The van der Waals surface area contributed by atoms with E-state index in [9.17, 15) is 5.11 Å². The van der Waals surface area contributed by atoms with E-state index in [2.05, 4.69) is 26.3 Å². The summed E-state index contributed by atoms with van der Waals surface area (Å²) in [4.78, 5) is 12.2. The molecule has 0 aliphatic carbocycles. The van der Waals surface area contributed by atoms with E-state index in [1.165, 1.54) is 12.8 Å². The minimum atomic E-state index is 0.249. The van der Waals surface area contributed by atoms with Crippen molar-refractivity contribution in [2.45, 2.75) is 31.7 Å². The van der Waals surface area contributed by atoms with Crippen molar-refractivity contribution in [3.05, 3.63) is 17.8 Å². The summed E-state index contributed by atoms with van der Waals surface area (Å²) in [5.41, 5.74) is 0. The van der Waals surface area contributed by atoms with Crippen molar-refractivity contribution in [3.8, 4) is 0 Å². The van der Waals surface area contributed by atoms with Crippen LogP contribution in [0.15, 0.2) is 17.8 Å². The second kappa shape index (κ2) is 5.20. The van der Waals surface area contributed by atoms with E-state index in [0.29, 0.717) is 6.04 Å². The molecule has 18 heavy (non-hydrogen) atoms. The molecule has 0 spiro atoms. The zero-order valence-corrected chi connectivity index (χ0v) is 11.1. The highest BCUT2D eigenvalue weighted by Gasteiger charge is 2.24. The van der Waals surface area contributed by atoms with E-state index in [1.807, 2.05) is 0 Å². The molecule has 1 fully saturated rings. The molecule has 2 aromatic rings. The molecule has 1 atom stereocenters. The molecular weight excluding hydrogens is 246 g/mol. The van der Waals surface area contributed by atoms with Crippen LogP contribution in [-0.2, 0) is 0 Å². The zero-order valence-electron chi connectivity index (χ0n) is 10.2. The molecule has 5 heteroatoms. The van der Waals surface area contributed by atoms with Gasteiger partial charge in [-0.25, -0.2) is 9.97 Å². The van der Waals surface area contributed by atoms with Crippen molar-refractivity contribution in [3.63, 3.8) is 0 Å². The summed E-state index contributed by atoms with van der Waals surface area (Å²) in [5, 5.41) is 12.4. The largest absolute Gasteiger partial charge is 0.396 e. The second-order valence-electron chi connectivity index (χ2n) is 4.69. The lowest BCUT2D eigenvalue weighted by Gasteiger charge is -2.36. The Kier molecular flexibility index (Phi) is 3.43. The van der Waals surface area contributed by atoms with Gasteiger partial charge in [0.1, 0.15) is 17.0 Å². The van der Waals surface area contributed by atoms with Gasteiger partial charge in [-0.3, -0.25) is 0 Å². The highest BCUT2D eigenvalue weighted by Crippen LogP contribution is 2.31. The third-order valence-corrected chi connectivity index (χ3v) is 4.42. The van der Waals surface area contributed by atoms with Crippen LogP contribution in [0.1, 0.15) is 25.7 Å². The highest BCUT2D eigenvalue weighted by molar-refractivity contribution is 7.16. The smallest absolute Gasteiger partial charge is 0.141 e. The average Bonchev–Trinajstić information content (AvgIpc) is 2.88. The molecule has 0 bridgehead atoms. The lowest BCUT2D eigenvalue weighted by molar-refractivity contribution is 0.262. The molecule has 0 saturated carbocycles. The van der Waals surface area contributed by atoms with Crippen LogP contribution in [0.25, 0.3) is 10.2 Å². The fraction of sp³-hybridized carbons (Fsp3) is 0.538. The van der Waals surface area contributed by atoms with Crippen molar-refractivity contribution < 1.29 is 5.11 Å². The summed E-state index contributed by atoms with van der Waals surface area (Å²) < 4.78 is 0. The summed E-state index contributed by atoms with van der Waals surface area (Å²) in [6.45, 7) is 1.28. The van der Waals surface area contributed by atoms with Crippen LogP contribution < -0.4 is 4.90 Å². The monoisotopic (exact) mass is 263 g/mol. The number of rotatable bonds is 3. The van der Waals surface area contributed by atoms with E-state index in [0.717, 1.165) is 35.4 Å². The Morgan fingerprint density at radius 2 is 2.33 bits per heavy atom. The standard InChI is InChI=1S/C13H17N3OS/c17-7-4-10-3-1-2-6-16(10)12-11-5-8-18-13(11)15-9-14-12/h5,8-10,17H,1-4,6-7H2. The maximum atomic E-state index is 9.20. The predicted molar refractivity (Wildman–Crippen MR) is 74.1 cm³/mol. The minimum Gasteiger partial charge on any atom is -0.396 e.